The summed E-state index contributed by atoms with van der Waals surface area (Å²) >= 11 is 0. The molecule has 14 heavy (non-hydrogen) atoms. The van der Waals surface area contributed by atoms with Crippen LogP contribution in [0.15, 0.2) is 6.07 Å². The number of esters is 1. The summed E-state index contributed by atoms with van der Waals surface area (Å²) < 4.78 is 29.2. The lowest BCUT2D eigenvalue weighted by molar-refractivity contribution is 0.0576. The SMILES string of the molecule is COC(=O)c1cc(N)nn1CC(F)F. The zero-order valence-corrected chi connectivity index (χ0v) is 7.41. The van der Waals surface area contributed by atoms with Crippen LogP contribution in [-0.2, 0) is 11.3 Å². The van der Waals surface area contributed by atoms with Crippen LogP contribution >= 0.6 is 0 Å². The number of aromatic nitrogens is 2. The Hall–Kier alpha value is -1.66. The Morgan fingerprint density at radius 1 is 1.79 bits per heavy atom. The molecule has 0 spiro atoms. The average Bonchev–Trinajstić information content (AvgIpc) is 2.44. The van der Waals surface area contributed by atoms with Crippen LogP contribution in [0.4, 0.5) is 14.6 Å². The first-order valence-electron chi connectivity index (χ1n) is 3.74. The number of nitrogen functional groups attached to an aromatic ring is 1. The van der Waals surface area contributed by atoms with E-state index < -0.39 is 18.9 Å². The minimum atomic E-state index is -2.60. The minimum absolute atomic E-state index is 0.00560. The lowest BCUT2D eigenvalue weighted by Gasteiger charge is -2.03. The summed E-state index contributed by atoms with van der Waals surface area (Å²) in [5.41, 5.74) is 5.18. The average molecular weight is 205 g/mol. The van der Waals surface area contributed by atoms with Gasteiger partial charge in [-0.05, 0) is 0 Å². The number of anilines is 1. The summed E-state index contributed by atoms with van der Waals surface area (Å²) in [6, 6.07) is 1.19. The van der Waals surface area contributed by atoms with E-state index in [9.17, 15) is 13.6 Å². The highest BCUT2D eigenvalue weighted by Crippen LogP contribution is 2.09. The molecule has 0 aliphatic rings. The van der Waals surface area contributed by atoms with Gasteiger partial charge in [-0.1, -0.05) is 0 Å². The molecule has 0 aromatic carbocycles. The van der Waals surface area contributed by atoms with Gasteiger partial charge in [0.15, 0.2) is 0 Å². The Morgan fingerprint density at radius 2 is 2.43 bits per heavy atom. The second-order valence-electron chi connectivity index (χ2n) is 2.52. The number of ether oxygens (including phenoxy) is 1. The van der Waals surface area contributed by atoms with Crippen molar-refractivity contribution in [1.29, 1.82) is 0 Å². The predicted octanol–water partition coefficient (Wildman–Crippen LogP) is 0.517. The first-order valence-corrected chi connectivity index (χ1v) is 3.74. The number of nitrogens with zero attached hydrogens (tertiary/aromatic N) is 2. The molecule has 1 heterocycles. The third-order valence-corrected chi connectivity index (χ3v) is 1.50. The van der Waals surface area contributed by atoms with Crippen LogP contribution in [0.1, 0.15) is 10.5 Å². The topological polar surface area (TPSA) is 70.1 Å². The van der Waals surface area contributed by atoms with E-state index in [0.29, 0.717) is 0 Å². The molecule has 1 aromatic rings. The van der Waals surface area contributed by atoms with Gasteiger partial charge in [-0.3, -0.25) is 4.68 Å². The molecule has 0 amide bonds. The molecule has 1 rings (SSSR count). The van der Waals surface area contributed by atoms with Gasteiger partial charge in [-0.15, -0.1) is 0 Å². The van der Waals surface area contributed by atoms with E-state index in [1.807, 2.05) is 0 Å². The molecular weight excluding hydrogens is 196 g/mol. The number of hydrogen-bond donors (Lipinski definition) is 1. The molecule has 78 valence electrons. The summed E-state index contributed by atoms with van der Waals surface area (Å²) in [7, 11) is 1.15. The third kappa shape index (κ3) is 2.18. The fourth-order valence-electron chi connectivity index (χ4n) is 0.975. The quantitative estimate of drug-likeness (QED) is 0.730. The molecule has 7 heteroatoms. The number of carbonyl (C=O) groups is 1. The summed E-state index contributed by atoms with van der Waals surface area (Å²) in [5.74, 6) is -0.735. The van der Waals surface area contributed by atoms with Crippen molar-refractivity contribution >= 4 is 11.8 Å². The van der Waals surface area contributed by atoms with Gasteiger partial charge < -0.3 is 10.5 Å². The predicted molar refractivity (Wildman–Crippen MR) is 44.0 cm³/mol. The zero-order valence-electron chi connectivity index (χ0n) is 7.41. The smallest absolute Gasteiger partial charge is 0.356 e. The van der Waals surface area contributed by atoms with Crippen LogP contribution in [0.5, 0.6) is 0 Å². The van der Waals surface area contributed by atoms with Gasteiger partial charge in [0, 0.05) is 6.07 Å². The van der Waals surface area contributed by atoms with Gasteiger partial charge >= 0.3 is 5.97 Å². The van der Waals surface area contributed by atoms with Crippen molar-refractivity contribution in [3.8, 4) is 0 Å². The second kappa shape index (κ2) is 4.03. The molecule has 2 N–H and O–H groups in total. The summed E-state index contributed by atoms with van der Waals surface area (Å²) in [6.07, 6.45) is -2.60. The minimum Gasteiger partial charge on any atom is -0.464 e. The van der Waals surface area contributed by atoms with Crippen molar-refractivity contribution in [2.45, 2.75) is 13.0 Å². The largest absolute Gasteiger partial charge is 0.464 e. The van der Waals surface area contributed by atoms with Gasteiger partial charge in [-0.25, -0.2) is 13.6 Å². The summed E-state index contributed by atoms with van der Waals surface area (Å²) in [4.78, 5) is 11.0. The number of carbonyl (C=O) groups excluding carboxylic acids is 1. The van der Waals surface area contributed by atoms with Crippen molar-refractivity contribution in [3.05, 3.63) is 11.8 Å². The highest BCUT2D eigenvalue weighted by molar-refractivity contribution is 5.88. The number of methoxy groups -OCH3 is 1. The van der Waals surface area contributed by atoms with Crippen molar-refractivity contribution < 1.29 is 18.3 Å². The maximum absolute atomic E-state index is 12.0. The second-order valence-corrected chi connectivity index (χ2v) is 2.52. The summed E-state index contributed by atoms with van der Waals surface area (Å²) in [6.45, 7) is -0.679. The maximum atomic E-state index is 12.0. The molecule has 5 nitrogen and oxygen atoms in total. The van der Waals surface area contributed by atoms with E-state index in [-0.39, 0.29) is 11.5 Å². The van der Waals surface area contributed by atoms with Crippen molar-refractivity contribution in [1.82, 2.24) is 9.78 Å². The number of nitrogens with two attached hydrogens (primary N) is 1. The van der Waals surface area contributed by atoms with Gasteiger partial charge in [0.1, 0.15) is 18.1 Å². The van der Waals surface area contributed by atoms with Gasteiger partial charge in [0.25, 0.3) is 6.43 Å². The van der Waals surface area contributed by atoms with E-state index in [4.69, 9.17) is 5.73 Å². The van der Waals surface area contributed by atoms with Crippen LogP contribution in [0.2, 0.25) is 0 Å². The first-order chi connectivity index (χ1) is 6.54. The van der Waals surface area contributed by atoms with Crippen molar-refractivity contribution in [2.75, 3.05) is 12.8 Å². The molecule has 0 aliphatic heterocycles. The highest BCUT2D eigenvalue weighted by atomic mass is 19.3. The summed E-state index contributed by atoms with van der Waals surface area (Å²) in [5, 5.41) is 3.53. The lowest BCUT2D eigenvalue weighted by Crippen LogP contribution is -2.15. The van der Waals surface area contributed by atoms with Crippen LogP contribution in [0.25, 0.3) is 0 Å². The molecule has 0 saturated carbocycles. The lowest BCUT2D eigenvalue weighted by atomic mass is 10.4. The maximum Gasteiger partial charge on any atom is 0.356 e. The monoisotopic (exact) mass is 205 g/mol. The number of hydrogen-bond acceptors (Lipinski definition) is 4. The molecule has 1 aromatic heterocycles. The fourth-order valence-corrected chi connectivity index (χ4v) is 0.975. The van der Waals surface area contributed by atoms with Crippen LogP contribution in [0, 0.1) is 0 Å². The van der Waals surface area contributed by atoms with Gasteiger partial charge in [-0.2, -0.15) is 5.10 Å². The fraction of sp³-hybridized carbons (Fsp3) is 0.429. The van der Waals surface area contributed by atoms with Crippen molar-refractivity contribution in [2.24, 2.45) is 0 Å². The van der Waals surface area contributed by atoms with Crippen LogP contribution in [-0.4, -0.2) is 29.3 Å². The Morgan fingerprint density at radius 3 is 2.93 bits per heavy atom. The number of alkyl halides is 2. The van der Waals surface area contributed by atoms with E-state index in [2.05, 4.69) is 9.84 Å². The van der Waals surface area contributed by atoms with E-state index in [0.717, 1.165) is 11.8 Å². The normalized spacial score (nSPS) is 10.6. The molecule has 0 saturated heterocycles. The molecule has 0 bridgehead atoms. The van der Waals surface area contributed by atoms with Crippen LogP contribution < -0.4 is 5.73 Å². The zero-order chi connectivity index (χ0) is 10.7. The van der Waals surface area contributed by atoms with Crippen molar-refractivity contribution in [3.63, 3.8) is 0 Å². The van der Waals surface area contributed by atoms with E-state index >= 15 is 0 Å². The molecular formula is C7H9F2N3O2. The third-order valence-electron chi connectivity index (χ3n) is 1.50. The molecule has 0 unspecified atom stereocenters. The molecule has 0 aliphatic carbocycles. The van der Waals surface area contributed by atoms with E-state index in [1.165, 1.54) is 6.07 Å². The standard InChI is InChI=1S/C7H9F2N3O2/c1-14-7(13)4-2-6(10)11-12(4)3-5(8)9/h2,5H,3H2,1H3,(H2,10,11). The van der Waals surface area contributed by atoms with Gasteiger partial charge in [0.2, 0.25) is 0 Å². The number of halogens is 2. The van der Waals surface area contributed by atoms with Crippen LogP contribution in [0.3, 0.4) is 0 Å². The highest BCUT2D eigenvalue weighted by Gasteiger charge is 2.17. The Bertz CT molecular complexity index is 338. The number of rotatable bonds is 3. The Balaban J connectivity index is 2.96. The first kappa shape index (κ1) is 10.4. The molecule has 0 radical (unpaired) electrons. The Labute approximate surface area is 78.4 Å². The molecule has 0 atom stereocenters. The Kier molecular flexibility index (Phi) is 3.00. The molecule has 0 fully saturated rings. The van der Waals surface area contributed by atoms with Gasteiger partial charge in [0.05, 0.1) is 7.11 Å². The van der Waals surface area contributed by atoms with E-state index in [1.54, 1.807) is 0 Å².